The van der Waals surface area contributed by atoms with Gasteiger partial charge in [-0.3, -0.25) is 14.4 Å². The highest BCUT2D eigenvalue weighted by molar-refractivity contribution is 6.04. The first-order valence-electron chi connectivity index (χ1n) is 6.31. The van der Waals surface area contributed by atoms with Gasteiger partial charge in [-0.05, 0) is 32.4 Å². The average Bonchev–Trinajstić information content (AvgIpc) is 2.36. The molecule has 0 N–H and O–H groups in total. The summed E-state index contributed by atoms with van der Waals surface area (Å²) in [6.07, 6.45) is 1.20. The van der Waals surface area contributed by atoms with Crippen LogP contribution in [0.3, 0.4) is 0 Å². The van der Waals surface area contributed by atoms with E-state index in [0.717, 1.165) is 5.56 Å². The van der Waals surface area contributed by atoms with Crippen LogP contribution >= 0.6 is 0 Å². The van der Waals surface area contributed by atoms with E-state index in [1.807, 2.05) is 19.1 Å². The van der Waals surface area contributed by atoms with E-state index >= 15 is 0 Å². The van der Waals surface area contributed by atoms with Gasteiger partial charge in [0, 0.05) is 5.56 Å². The fraction of sp³-hybridized carbons (Fsp3) is 0.312. The fourth-order valence-corrected chi connectivity index (χ4v) is 1.52. The van der Waals surface area contributed by atoms with Gasteiger partial charge in [0.15, 0.2) is 5.78 Å². The lowest BCUT2D eigenvalue weighted by Gasteiger charge is -2.04. The number of carbonyl (C=O) groups is 3. The summed E-state index contributed by atoms with van der Waals surface area (Å²) in [7, 11) is 0. The van der Waals surface area contributed by atoms with E-state index in [-0.39, 0.29) is 24.6 Å². The SMILES string of the molecule is CC(=O)CC(=O)OC/C(C)=C/C(=O)c1ccc(C)cc1. The number of aryl methyl sites for hydroxylation is 1. The minimum absolute atomic E-state index is 0.0176. The molecule has 0 spiro atoms. The van der Waals surface area contributed by atoms with Gasteiger partial charge >= 0.3 is 5.97 Å². The van der Waals surface area contributed by atoms with E-state index in [1.54, 1.807) is 19.1 Å². The number of ether oxygens (including phenoxy) is 1. The summed E-state index contributed by atoms with van der Waals surface area (Å²) < 4.78 is 4.89. The topological polar surface area (TPSA) is 60.4 Å². The largest absolute Gasteiger partial charge is 0.461 e. The summed E-state index contributed by atoms with van der Waals surface area (Å²) in [4.78, 5) is 33.8. The van der Waals surface area contributed by atoms with E-state index in [1.165, 1.54) is 13.0 Å². The molecule has 0 bridgehead atoms. The summed E-state index contributed by atoms with van der Waals surface area (Å²) in [5.74, 6) is -0.953. The van der Waals surface area contributed by atoms with Crippen molar-refractivity contribution in [2.45, 2.75) is 27.2 Å². The molecule has 1 rings (SSSR count). The van der Waals surface area contributed by atoms with Crippen LogP contribution in [0.5, 0.6) is 0 Å². The number of Topliss-reactive ketones (excluding diaryl/α,β-unsaturated/α-hetero) is 1. The summed E-state index contributed by atoms with van der Waals surface area (Å²) in [5.41, 5.74) is 2.30. The fourth-order valence-electron chi connectivity index (χ4n) is 1.52. The molecule has 0 aliphatic heterocycles. The van der Waals surface area contributed by atoms with Crippen LogP contribution in [0.2, 0.25) is 0 Å². The van der Waals surface area contributed by atoms with Crippen molar-refractivity contribution in [3.8, 4) is 0 Å². The molecule has 4 heteroatoms. The lowest BCUT2D eigenvalue weighted by Crippen LogP contribution is -2.10. The van der Waals surface area contributed by atoms with Gasteiger partial charge in [0.1, 0.15) is 18.8 Å². The molecule has 0 atom stereocenters. The predicted octanol–water partition coefficient (Wildman–Crippen LogP) is 2.65. The van der Waals surface area contributed by atoms with Crippen LogP contribution in [-0.2, 0) is 14.3 Å². The summed E-state index contributed by atoms with van der Waals surface area (Å²) >= 11 is 0. The van der Waals surface area contributed by atoms with Crippen molar-refractivity contribution >= 4 is 17.5 Å². The quantitative estimate of drug-likeness (QED) is 0.346. The zero-order chi connectivity index (χ0) is 15.1. The molecule has 4 nitrogen and oxygen atoms in total. The zero-order valence-corrected chi connectivity index (χ0v) is 11.9. The second-order valence-electron chi connectivity index (χ2n) is 4.76. The number of hydrogen-bond acceptors (Lipinski definition) is 4. The third kappa shape index (κ3) is 5.61. The van der Waals surface area contributed by atoms with Gasteiger partial charge < -0.3 is 4.74 Å². The molecule has 0 heterocycles. The molecule has 1 aromatic rings. The minimum Gasteiger partial charge on any atom is -0.461 e. The number of hydrogen-bond donors (Lipinski definition) is 0. The highest BCUT2D eigenvalue weighted by atomic mass is 16.5. The van der Waals surface area contributed by atoms with E-state index in [0.29, 0.717) is 11.1 Å². The predicted molar refractivity (Wildman–Crippen MR) is 75.5 cm³/mol. The maximum absolute atomic E-state index is 11.9. The second-order valence-corrected chi connectivity index (χ2v) is 4.76. The van der Waals surface area contributed by atoms with Crippen molar-refractivity contribution in [2.75, 3.05) is 6.61 Å². The Labute approximate surface area is 118 Å². The number of esters is 1. The van der Waals surface area contributed by atoms with Gasteiger partial charge in [-0.15, -0.1) is 0 Å². The highest BCUT2D eigenvalue weighted by Gasteiger charge is 2.07. The lowest BCUT2D eigenvalue weighted by atomic mass is 10.1. The van der Waals surface area contributed by atoms with E-state index < -0.39 is 5.97 Å². The van der Waals surface area contributed by atoms with Gasteiger partial charge in [0.05, 0.1) is 0 Å². The van der Waals surface area contributed by atoms with Crippen LogP contribution < -0.4 is 0 Å². The summed E-state index contributed by atoms with van der Waals surface area (Å²) in [6, 6.07) is 7.24. The van der Waals surface area contributed by atoms with E-state index in [9.17, 15) is 14.4 Å². The van der Waals surface area contributed by atoms with Crippen LogP contribution in [0, 0.1) is 6.92 Å². The number of carbonyl (C=O) groups excluding carboxylic acids is 3. The Morgan fingerprint density at radius 2 is 1.70 bits per heavy atom. The Morgan fingerprint density at radius 1 is 1.10 bits per heavy atom. The molecule has 0 saturated carbocycles. The zero-order valence-electron chi connectivity index (χ0n) is 11.9. The first-order valence-corrected chi connectivity index (χ1v) is 6.31. The van der Waals surface area contributed by atoms with Crippen molar-refractivity contribution < 1.29 is 19.1 Å². The molecule has 0 aliphatic carbocycles. The van der Waals surface area contributed by atoms with Gasteiger partial charge in [-0.1, -0.05) is 29.8 Å². The van der Waals surface area contributed by atoms with Gasteiger partial charge in [-0.2, -0.15) is 0 Å². The Bertz CT molecular complexity index is 538. The van der Waals surface area contributed by atoms with Gasteiger partial charge in [-0.25, -0.2) is 0 Å². The van der Waals surface area contributed by atoms with Gasteiger partial charge in [0.2, 0.25) is 0 Å². The first-order chi connectivity index (χ1) is 9.38. The Balaban J connectivity index is 2.56. The molecule has 1 aromatic carbocycles. The number of benzene rings is 1. The lowest BCUT2D eigenvalue weighted by molar-refractivity contribution is -0.144. The Hall–Kier alpha value is -2.23. The molecule has 0 amide bonds. The summed E-state index contributed by atoms with van der Waals surface area (Å²) in [6.45, 7) is 4.99. The molecular weight excluding hydrogens is 256 g/mol. The highest BCUT2D eigenvalue weighted by Crippen LogP contribution is 2.07. The average molecular weight is 274 g/mol. The third-order valence-electron chi connectivity index (χ3n) is 2.57. The monoisotopic (exact) mass is 274 g/mol. The van der Waals surface area contributed by atoms with E-state index in [2.05, 4.69) is 0 Å². The maximum atomic E-state index is 11.9. The number of allylic oxidation sites excluding steroid dienone is 1. The Morgan fingerprint density at radius 3 is 2.25 bits per heavy atom. The van der Waals surface area contributed by atoms with Crippen LogP contribution in [0.1, 0.15) is 36.2 Å². The molecular formula is C16H18O4. The molecule has 0 aliphatic rings. The first kappa shape index (κ1) is 15.8. The maximum Gasteiger partial charge on any atom is 0.313 e. The second kappa shape index (κ2) is 7.38. The van der Waals surface area contributed by atoms with Crippen LogP contribution in [0.15, 0.2) is 35.9 Å². The van der Waals surface area contributed by atoms with Crippen LogP contribution in [-0.4, -0.2) is 24.1 Å². The molecule has 0 saturated heterocycles. The van der Waals surface area contributed by atoms with Gasteiger partial charge in [0.25, 0.3) is 0 Å². The molecule has 0 fully saturated rings. The molecule has 106 valence electrons. The minimum atomic E-state index is -0.576. The smallest absolute Gasteiger partial charge is 0.313 e. The van der Waals surface area contributed by atoms with Crippen molar-refractivity contribution in [3.05, 3.63) is 47.0 Å². The third-order valence-corrected chi connectivity index (χ3v) is 2.57. The van der Waals surface area contributed by atoms with Crippen molar-refractivity contribution in [1.82, 2.24) is 0 Å². The molecule has 20 heavy (non-hydrogen) atoms. The Kier molecular flexibility index (Phi) is 5.84. The molecule has 0 aromatic heterocycles. The van der Waals surface area contributed by atoms with Crippen molar-refractivity contribution in [3.63, 3.8) is 0 Å². The van der Waals surface area contributed by atoms with Crippen LogP contribution in [0.4, 0.5) is 0 Å². The molecule has 0 unspecified atom stereocenters. The summed E-state index contributed by atoms with van der Waals surface area (Å²) in [5, 5.41) is 0. The van der Waals surface area contributed by atoms with E-state index in [4.69, 9.17) is 4.74 Å². The number of rotatable bonds is 6. The normalized spacial score (nSPS) is 11.1. The molecule has 0 radical (unpaired) electrons. The number of ketones is 2. The van der Waals surface area contributed by atoms with Crippen LogP contribution in [0.25, 0.3) is 0 Å². The standard InChI is InChI=1S/C16H18O4/c1-11-4-6-14(7-5-11)15(18)8-12(2)10-20-16(19)9-13(3)17/h4-8H,9-10H2,1-3H3/b12-8+. The van der Waals surface area contributed by atoms with Crippen molar-refractivity contribution in [2.24, 2.45) is 0 Å². The van der Waals surface area contributed by atoms with Crippen molar-refractivity contribution in [1.29, 1.82) is 0 Å².